The first-order chi connectivity index (χ1) is 14.2. The van der Waals surface area contributed by atoms with Crippen LogP contribution in [-0.2, 0) is 20.3 Å². The van der Waals surface area contributed by atoms with Crippen molar-refractivity contribution in [3.8, 4) is 11.8 Å². The number of amides is 2. The molecule has 0 unspecified atom stereocenters. The molecule has 0 atom stereocenters. The Morgan fingerprint density at radius 3 is 2.30 bits per heavy atom. The van der Waals surface area contributed by atoms with Crippen LogP contribution in [0.2, 0.25) is 0 Å². The molecule has 15 heteroatoms. The van der Waals surface area contributed by atoms with Gasteiger partial charge in [-0.1, -0.05) is 10.4 Å². The Bertz CT molecular complexity index is 1050. The van der Waals surface area contributed by atoms with Crippen molar-refractivity contribution in [1.82, 2.24) is 15.0 Å². The normalized spacial score (nSPS) is 10.2. The maximum atomic E-state index is 11.8. The zero-order chi connectivity index (χ0) is 22.6. The monoisotopic (exact) mass is 463 g/mol. The number of rotatable bonds is 7. The van der Waals surface area contributed by atoms with Crippen molar-refractivity contribution in [3.63, 3.8) is 0 Å². The number of methoxy groups -OCH3 is 2. The highest BCUT2D eigenvalue weighted by Crippen LogP contribution is 2.17. The maximum Gasteiger partial charge on any atom is 0.362 e. The molecule has 1 N–H and O–H groups in total. The second-order valence-electron chi connectivity index (χ2n) is 5.04. The van der Waals surface area contributed by atoms with E-state index in [0.717, 1.165) is 0 Å². The van der Waals surface area contributed by atoms with E-state index >= 15 is 0 Å². The van der Waals surface area contributed by atoms with E-state index in [4.69, 9.17) is 9.47 Å². The molecule has 2 heterocycles. The molecule has 0 aliphatic rings. The van der Waals surface area contributed by atoms with Crippen LogP contribution in [0.1, 0.15) is 6.42 Å². The highest BCUT2D eigenvalue weighted by atomic mass is 32.2. The van der Waals surface area contributed by atoms with Crippen molar-refractivity contribution in [2.45, 2.75) is 11.4 Å². The lowest BCUT2D eigenvalue weighted by Gasteiger charge is -2.05. The molecule has 2 aromatic heterocycles. The molecule has 2 aromatic rings. The maximum absolute atomic E-state index is 11.8. The van der Waals surface area contributed by atoms with Crippen LogP contribution >= 0.6 is 0 Å². The van der Waals surface area contributed by atoms with Crippen LogP contribution in [0.5, 0.6) is 11.8 Å². The van der Waals surface area contributed by atoms with Crippen molar-refractivity contribution < 1.29 is 35.5 Å². The first-order valence-corrected chi connectivity index (χ1v) is 10.7. The molecule has 0 saturated carbocycles. The van der Waals surface area contributed by atoms with Crippen molar-refractivity contribution in [2.24, 2.45) is 4.36 Å². The number of hydrogen-bond donors (Lipinski definition) is 1. The topological polar surface area (TPSA) is 167 Å². The number of alkyl halides is 1. The van der Waals surface area contributed by atoms with Crippen molar-refractivity contribution >= 4 is 32.3 Å². The molecule has 164 valence electrons. The van der Waals surface area contributed by atoms with Gasteiger partial charge in [0.05, 0.1) is 32.7 Å². The number of anilines is 1. The predicted molar refractivity (Wildman–Crippen MR) is 102 cm³/mol. The Balaban J connectivity index is 0.000000311. The Hall–Kier alpha value is -3.20. The number of nitrogens with one attached hydrogen (secondary N) is 1. The average molecular weight is 463 g/mol. The van der Waals surface area contributed by atoms with E-state index in [1.54, 1.807) is 12.1 Å². The third kappa shape index (κ3) is 8.87. The Kier molecular flexibility index (Phi) is 10.3. The summed E-state index contributed by atoms with van der Waals surface area (Å²) in [5.74, 6) is -0.0632. The molecule has 0 aromatic carbocycles. The largest absolute Gasteiger partial charge is 0.481 e. The fraction of sp³-hybridized carbons (Fsp3) is 0.333. The van der Waals surface area contributed by atoms with Gasteiger partial charge in [-0.15, -0.1) is 0 Å². The number of carbonyl (C=O) groups excluding carboxylic acids is 1. The fourth-order valence-electron chi connectivity index (χ4n) is 1.74. The molecule has 0 saturated heterocycles. The third-order valence-corrected chi connectivity index (χ3v) is 5.00. The number of urea groups is 1. The number of sulfone groups is 1. The smallest absolute Gasteiger partial charge is 0.362 e. The number of pyridine rings is 1. The standard InChI is InChI=1S/C8H10FNO2S.C7H8N4O5S/c9-5-3-7-13(11,12)8-4-1-2-6-10-8;1-15-4-3-5(16-2)9-6(8-4)10-7(12)11-17(13)14/h1-2,4,6H,3,5,7H2;3H,1-2H3,(H,8,9,10,12). The van der Waals surface area contributed by atoms with E-state index in [9.17, 15) is 26.0 Å². The fourth-order valence-corrected chi connectivity index (χ4v) is 3.12. The van der Waals surface area contributed by atoms with E-state index in [0.29, 0.717) is 0 Å². The molecule has 2 rings (SSSR count). The molecule has 30 heavy (non-hydrogen) atoms. The van der Waals surface area contributed by atoms with Gasteiger partial charge in [-0.2, -0.15) is 18.4 Å². The number of aromatic nitrogens is 3. The van der Waals surface area contributed by atoms with Crippen LogP contribution in [0.15, 0.2) is 39.9 Å². The molecule has 2 amide bonds. The van der Waals surface area contributed by atoms with E-state index in [1.165, 1.54) is 32.5 Å². The quantitative estimate of drug-likeness (QED) is 0.632. The molecule has 0 radical (unpaired) electrons. The van der Waals surface area contributed by atoms with Crippen molar-refractivity contribution in [3.05, 3.63) is 30.5 Å². The van der Waals surface area contributed by atoms with E-state index in [1.807, 2.05) is 5.32 Å². The summed E-state index contributed by atoms with van der Waals surface area (Å²) in [6.45, 7) is -0.619. The van der Waals surface area contributed by atoms with Gasteiger partial charge in [-0.25, -0.2) is 18.2 Å². The first-order valence-electron chi connectivity index (χ1n) is 8.00. The van der Waals surface area contributed by atoms with E-state index in [2.05, 4.69) is 19.3 Å². The van der Waals surface area contributed by atoms with Crippen LogP contribution in [0.4, 0.5) is 15.1 Å². The Morgan fingerprint density at radius 2 is 1.83 bits per heavy atom. The highest BCUT2D eigenvalue weighted by Gasteiger charge is 2.14. The van der Waals surface area contributed by atoms with Gasteiger partial charge in [-0.3, -0.25) is 9.71 Å². The van der Waals surface area contributed by atoms with Gasteiger partial charge >= 0.3 is 16.5 Å². The number of halogens is 1. The summed E-state index contributed by atoms with van der Waals surface area (Å²) in [5.41, 5.74) is 0. The van der Waals surface area contributed by atoms with Crippen LogP contribution in [-0.4, -0.2) is 64.5 Å². The zero-order valence-electron chi connectivity index (χ0n) is 15.8. The summed E-state index contributed by atoms with van der Waals surface area (Å²) in [5, 5.41) is 2.06. The van der Waals surface area contributed by atoms with Crippen LogP contribution in [0.3, 0.4) is 0 Å². The van der Waals surface area contributed by atoms with Gasteiger partial charge in [-0.05, 0) is 18.6 Å². The van der Waals surface area contributed by atoms with Gasteiger partial charge in [0.15, 0.2) is 14.9 Å². The minimum absolute atomic E-state index is 0.0171. The summed E-state index contributed by atoms with van der Waals surface area (Å²) in [4.78, 5) is 22.2. The number of hydrogen-bond acceptors (Lipinski definition) is 10. The minimum Gasteiger partial charge on any atom is -0.481 e. The van der Waals surface area contributed by atoms with E-state index in [-0.39, 0.29) is 34.9 Å². The Labute approximate surface area is 173 Å². The number of carbonyl (C=O) groups is 1. The summed E-state index contributed by atoms with van der Waals surface area (Å²) in [6.07, 6.45) is 1.43. The van der Waals surface area contributed by atoms with Gasteiger partial charge in [0, 0.05) is 6.20 Å². The van der Waals surface area contributed by atoms with Crippen LogP contribution in [0.25, 0.3) is 0 Å². The average Bonchev–Trinajstić information content (AvgIpc) is 2.72. The zero-order valence-corrected chi connectivity index (χ0v) is 17.5. The molecule has 0 bridgehead atoms. The van der Waals surface area contributed by atoms with Crippen molar-refractivity contribution in [2.75, 3.05) is 32.0 Å². The lowest BCUT2D eigenvalue weighted by atomic mass is 10.5. The summed E-state index contributed by atoms with van der Waals surface area (Å²) >= 11 is 0. The van der Waals surface area contributed by atoms with Gasteiger partial charge in [0.1, 0.15) is 0 Å². The lowest BCUT2D eigenvalue weighted by molar-refractivity contribution is 0.259. The second kappa shape index (κ2) is 12.4. The molecule has 0 aliphatic carbocycles. The van der Waals surface area contributed by atoms with Crippen molar-refractivity contribution in [1.29, 1.82) is 0 Å². The molecule has 0 aliphatic heterocycles. The highest BCUT2D eigenvalue weighted by molar-refractivity contribution is 7.91. The third-order valence-electron chi connectivity index (χ3n) is 2.98. The minimum atomic E-state index is -3.37. The molecular formula is C15H18FN5O7S2. The lowest BCUT2D eigenvalue weighted by Crippen LogP contribution is -2.10. The molecule has 0 spiro atoms. The van der Waals surface area contributed by atoms with Crippen LogP contribution in [0, 0.1) is 0 Å². The van der Waals surface area contributed by atoms with Gasteiger partial charge in [0.25, 0.3) is 0 Å². The summed E-state index contributed by atoms with van der Waals surface area (Å²) in [6, 6.07) is 4.91. The molecular weight excluding hydrogens is 445 g/mol. The summed E-state index contributed by atoms with van der Waals surface area (Å²) in [7, 11) is -3.48. The number of nitrogens with zero attached hydrogens (tertiary/aromatic N) is 4. The number of ether oxygens (including phenoxy) is 2. The SMILES string of the molecule is COc1cc(OC)nc(NC(=O)N=S(=O)=O)n1.O=S(=O)(CCCF)c1ccccn1. The van der Waals surface area contributed by atoms with Crippen LogP contribution < -0.4 is 14.8 Å². The van der Waals surface area contributed by atoms with Gasteiger partial charge < -0.3 is 9.47 Å². The second-order valence-corrected chi connectivity index (χ2v) is 7.72. The Morgan fingerprint density at radius 1 is 1.20 bits per heavy atom. The summed E-state index contributed by atoms with van der Waals surface area (Å²) < 4.78 is 67.1. The van der Waals surface area contributed by atoms with Gasteiger partial charge in [0.2, 0.25) is 17.7 Å². The van der Waals surface area contributed by atoms with E-state index < -0.39 is 33.0 Å². The first kappa shape index (κ1) is 24.8. The molecule has 0 fully saturated rings. The predicted octanol–water partition coefficient (Wildman–Crippen LogP) is 1.30. The molecule has 12 nitrogen and oxygen atoms in total.